The lowest BCUT2D eigenvalue weighted by atomic mass is 10.1. The van der Waals surface area contributed by atoms with Crippen molar-refractivity contribution in [1.82, 2.24) is 0 Å². The van der Waals surface area contributed by atoms with E-state index in [1.165, 1.54) is 0 Å². The van der Waals surface area contributed by atoms with Crippen LogP contribution in [0.1, 0.15) is 26.3 Å². The minimum absolute atomic E-state index is 0.0453. The van der Waals surface area contributed by atoms with Crippen molar-refractivity contribution in [2.24, 2.45) is 0 Å². The van der Waals surface area contributed by atoms with Gasteiger partial charge in [0.2, 0.25) is 8.32 Å². The first-order chi connectivity index (χ1) is 9.08. The summed E-state index contributed by atoms with van der Waals surface area (Å²) in [5.74, 6) is -0.687. The van der Waals surface area contributed by atoms with Crippen molar-refractivity contribution < 1.29 is 19.1 Å². The number of hydrogen-bond donors (Lipinski definition) is 1. The summed E-state index contributed by atoms with van der Waals surface area (Å²) in [6.45, 7) is 10.6. The van der Waals surface area contributed by atoms with Crippen LogP contribution in [-0.4, -0.2) is 29.9 Å². The lowest BCUT2D eigenvalue weighted by Crippen LogP contribution is -2.43. The summed E-state index contributed by atoms with van der Waals surface area (Å²) >= 11 is 0. The molecule has 0 aromatic heterocycles. The SMILES string of the molecule is CC(C)(C)[Si](C)(C)Oc1cccc(C(=[N+]=[N-])C(=O)O)c1. The third-order valence-corrected chi connectivity index (χ3v) is 7.95. The molecule has 1 aromatic carbocycles. The number of carboxylic acids is 1. The first kappa shape index (κ1) is 16.1. The van der Waals surface area contributed by atoms with Gasteiger partial charge in [-0.25, -0.2) is 4.79 Å². The number of rotatable bonds is 4. The van der Waals surface area contributed by atoms with Crippen LogP contribution in [0.4, 0.5) is 0 Å². The molecule has 5 nitrogen and oxygen atoms in total. The highest BCUT2D eigenvalue weighted by molar-refractivity contribution is 6.74. The van der Waals surface area contributed by atoms with Crippen LogP contribution in [0.25, 0.3) is 5.53 Å². The molecule has 0 aliphatic rings. The second-order valence-electron chi connectivity index (χ2n) is 6.14. The van der Waals surface area contributed by atoms with Crippen molar-refractivity contribution in [2.45, 2.75) is 38.9 Å². The molecular weight excluding hydrogens is 272 g/mol. The minimum atomic E-state index is -1.99. The summed E-state index contributed by atoms with van der Waals surface area (Å²) in [6.07, 6.45) is 0. The second-order valence-corrected chi connectivity index (χ2v) is 10.9. The Kier molecular flexibility index (Phi) is 4.52. The van der Waals surface area contributed by atoms with E-state index in [4.69, 9.17) is 15.1 Å². The van der Waals surface area contributed by atoms with Gasteiger partial charge < -0.3 is 15.1 Å². The van der Waals surface area contributed by atoms with Crippen LogP contribution < -0.4 is 4.43 Å². The summed E-state index contributed by atoms with van der Waals surface area (Å²) < 4.78 is 6.09. The molecule has 0 bridgehead atoms. The first-order valence-corrected chi connectivity index (χ1v) is 9.24. The van der Waals surface area contributed by atoms with E-state index in [9.17, 15) is 4.79 Å². The van der Waals surface area contributed by atoms with Crippen LogP contribution in [0.2, 0.25) is 18.1 Å². The van der Waals surface area contributed by atoms with Crippen molar-refractivity contribution in [3.63, 3.8) is 0 Å². The number of nitrogens with zero attached hydrogens (tertiary/aromatic N) is 2. The van der Waals surface area contributed by atoms with Crippen LogP contribution in [-0.2, 0) is 4.79 Å². The van der Waals surface area contributed by atoms with Gasteiger partial charge in [-0.2, -0.15) is 4.79 Å². The monoisotopic (exact) mass is 292 g/mol. The van der Waals surface area contributed by atoms with E-state index < -0.39 is 20.0 Å². The van der Waals surface area contributed by atoms with Crippen LogP contribution in [0.3, 0.4) is 0 Å². The predicted molar refractivity (Wildman–Crippen MR) is 79.6 cm³/mol. The van der Waals surface area contributed by atoms with Crippen molar-refractivity contribution in [3.05, 3.63) is 35.4 Å². The fourth-order valence-corrected chi connectivity index (χ4v) is 2.40. The molecular formula is C14H20N2O3Si. The van der Waals surface area contributed by atoms with E-state index in [-0.39, 0.29) is 5.04 Å². The molecule has 0 saturated heterocycles. The number of hydrogen-bond acceptors (Lipinski definition) is 2. The van der Waals surface area contributed by atoms with E-state index in [1.54, 1.807) is 24.3 Å². The molecule has 6 heteroatoms. The molecule has 0 spiro atoms. The molecule has 0 radical (unpaired) electrons. The molecule has 0 fully saturated rings. The smallest absolute Gasteiger partial charge is 0.419 e. The van der Waals surface area contributed by atoms with Crippen molar-refractivity contribution in [1.29, 1.82) is 0 Å². The van der Waals surface area contributed by atoms with Crippen molar-refractivity contribution in [3.8, 4) is 5.75 Å². The van der Waals surface area contributed by atoms with E-state index in [0.29, 0.717) is 11.3 Å². The molecule has 1 rings (SSSR count). The molecule has 0 saturated carbocycles. The molecule has 1 N–H and O–H groups in total. The maximum Gasteiger partial charge on any atom is 0.419 e. The Morgan fingerprint density at radius 2 is 1.95 bits per heavy atom. The molecule has 0 amide bonds. The Bertz CT molecular complexity index is 570. The quantitative estimate of drug-likeness (QED) is 0.400. The topological polar surface area (TPSA) is 82.9 Å². The summed E-state index contributed by atoms with van der Waals surface area (Å²) in [5.41, 5.74) is 8.70. The van der Waals surface area contributed by atoms with E-state index in [0.717, 1.165) is 0 Å². The van der Waals surface area contributed by atoms with E-state index in [2.05, 4.69) is 38.7 Å². The highest BCUT2D eigenvalue weighted by Crippen LogP contribution is 2.37. The molecule has 0 unspecified atom stereocenters. The lowest BCUT2D eigenvalue weighted by molar-refractivity contribution is -0.133. The van der Waals surface area contributed by atoms with Gasteiger partial charge in [0.05, 0.1) is 5.56 Å². The summed E-state index contributed by atoms with van der Waals surface area (Å²) in [4.78, 5) is 13.8. The van der Waals surface area contributed by atoms with Gasteiger partial charge in [-0.05, 0) is 36.3 Å². The Morgan fingerprint density at radius 1 is 1.35 bits per heavy atom. The van der Waals surface area contributed by atoms with Crippen molar-refractivity contribution >= 4 is 20.0 Å². The van der Waals surface area contributed by atoms with Gasteiger partial charge >= 0.3 is 11.7 Å². The Hall–Kier alpha value is -1.91. The molecule has 108 valence electrons. The zero-order valence-electron chi connectivity index (χ0n) is 12.5. The molecule has 0 atom stereocenters. The highest BCUT2D eigenvalue weighted by atomic mass is 28.4. The van der Waals surface area contributed by atoms with Gasteiger partial charge in [0.25, 0.3) is 0 Å². The van der Waals surface area contributed by atoms with Gasteiger partial charge in [-0.3, -0.25) is 0 Å². The fourth-order valence-electron chi connectivity index (χ4n) is 1.38. The lowest BCUT2D eigenvalue weighted by Gasteiger charge is -2.36. The van der Waals surface area contributed by atoms with Crippen molar-refractivity contribution in [2.75, 3.05) is 0 Å². The number of benzene rings is 1. The molecule has 20 heavy (non-hydrogen) atoms. The van der Waals surface area contributed by atoms with Gasteiger partial charge in [-0.1, -0.05) is 26.8 Å². The Labute approximate surface area is 120 Å². The number of carbonyl (C=O) groups is 1. The van der Waals surface area contributed by atoms with Crippen LogP contribution in [0.5, 0.6) is 5.75 Å². The molecule has 0 aliphatic carbocycles. The Balaban J connectivity index is 3.13. The number of carboxylic acid groups (broad SMARTS) is 1. The minimum Gasteiger partial charge on any atom is -0.543 e. The largest absolute Gasteiger partial charge is 0.543 e. The predicted octanol–water partition coefficient (Wildman–Crippen LogP) is 3.17. The maximum atomic E-state index is 11.0. The average Bonchev–Trinajstić information content (AvgIpc) is 2.27. The summed E-state index contributed by atoms with van der Waals surface area (Å²) in [6, 6.07) is 6.62. The second kappa shape index (κ2) is 5.61. The van der Waals surface area contributed by atoms with Gasteiger partial charge in [0, 0.05) is 0 Å². The zero-order valence-corrected chi connectivity index (χ0v) is 13.5. The normalized spacial score (nSPS) is 11.7. The summed E-state index contributed by atoms with van der Waals surface area (Å²) in [7, 11) is -1.99. The highest BCUT2D eigenvalue weighted by Gasteiger charge is 2.39. The van der Waals surface area contributed by atoms with Gasteiger partial charge in [0.1, 0.15) is 5.75 Å². The third-order valence-electron chi connectivity index (χ3n) is 3.59. The molecule has 0 aliphatic heterocycles. The third kappa shape index (κ3) is 3.56. The molecule has 1 aromatic rings. The van der Waals surface area contributed by atoms with E-state index in [1.807, 2.05) is 0 Å². The van der Waals surface area contributed by atoms with Crippen LogP contribution in [0, 0.1) is 0 Å². The fraction of sp³-hybridized carbons (Fsp3) is 0.429. The molecule has 0 heterocycles. The van der Waals surface area contributed by atoms with Crippen LogP contribution >= 0.6 is 0 Å². The van der Waals surface area contributed by atoms with Gasteiger partial charge in [0.15, 0.2) is 0 Å². The zero-order chi connectivity index (χ0) is 15.6. The Morgan fingerprint density at radius 3 is 2.40 bits per heavy atom. The number of aliphatic carboxylic acids is 1. The van der Waals surface area contributed by atoms with Gasteiger partial charge in [-0.15, -0.1) is 0 Å². The van der Waals surface area contributed by atoms with E-state index >= 15 is 0 Å². The standard InChI is InChI=1S/C14H20N2O3Si/c1-14(2,3)20(4,5)19-11-8-6-7-10(9-11)12(16-15)13(17)18/h6-9H,1-5H3,(H,17,18). The average molecular weight is 292 g/mol. The first-order valence-electron chi connectivity index (χ1n) is 6.33. The summed E-state index contributed by atoms with van der Waals surface area (Å²) in [5, 5.41) is 9.00. The maximum absolute atomic E-state index is 11.0. The van der Waals surface area contributed by atoms with Crippen LogP contribution in [0.15, 0.2) is 24.3 Å².